The predicted molar refractivity (Wildman–Crippen MR) is 55.2 cm³/mol. The Morgan fingerprint density at radius 2 is 2.31 bits per heavy atom. The first-order chi connectivity index (χ1) is 7.61. The molecule has 2 atom stereocenters. The highest BCUT2D eigenvalue weighted by atomic mass is 16.5. The Labute approximate surface area is 94.2 Å². The second-order valence-electron chi connectivity index (χ2n) is 3.59. The monoisotopic (exact) mass is 225 g/mol. The number of hydrogen-bond acceptors (Lipinski definition) is 4. The third kappa shape index (κ3) is 2.49. The van der Waals surface area contributed by atoms with E-state index in [-0.39, 0.29) is 18.4 Å². The molecule has 0 aromatic heterocycles. The number of ether oxygens (including phenoxy) is 1. The number of likely N-dealkylation sites (N-methyl/N-ethyl adjacent to an activating group) is 1. The zero-order valence-corrected chi connectivity index (χ0v) is 9.40. The van der Waals surface area contributed by atoms with Gasteiger partial charge >= 0.3 is 0 Å². The van der Waals surface area contributed by atoms with Crippen molar-refractivity contribution in [1.82, 2.24) is 10.2 Å². The van der Waals surface area contributed by atoms with Gasteiger partial charge in [0.1, 0.15) is 12.0 Å². The quantitative estimate of drug-likeness (QED) is 0.661. The van der Waals surface area contributed by atoms with Gasteiger partial charge in [0, 0.05) is 13.6 Å². The molecular formula is C10H15N3O3. The summed E-state index contributed by atoms with van der Waals surface area (Å²) in [4.78, 5) is 24.8. The van der Waals surface area contributed by atoms with E-state index in [9.17, 15) is 9.59 Å². The van der Waals surface area contributed by atoms with Crippen LogP contribution in [0, 0.1) is 17.2 Å². The van der Waals surface area contributed by atoms with E-state index < -0.39 is 12.0 Å². The van der Waals surface area contributed by atoms with Gasteiger partial charge in [-0.15, -0.1) is 0 Å². The van der Waals surface area contributed by atoms with E-state index in [0.29, 0.717) is 13.2 Å². The summed E-state index contributed by atoms with van der Waals surface area (Å²) in [5, 5.41) is 11.2. The number of nitrogens with one attached hydrogen (secondary N) is 1. The van der Waals surface area contributed by atoms with Gasteiger partial charge in [-0.1, -0.05) is 0 Å². The number of nitriles is 1. The lowest BCUT2D eigenvalue weighted by molar-refractivity contribution is -0.149. The minimum absolute atomic E-state index is 0.184. The van der Waals surface area contributed by atoms with Crippen molar-refractivity contribution in [3.05, 3.63) is 0 Å². The fraction of sp³-hybridized carbons (Fsp3) is 0.700. The zero-order chi connectivity index (χ0) is 12.1. The predicted octanol–water partition coefficient (Wildman–Crippen LogP) is -0.881. The van der Waals surface area contributed by atoms with E-state index in [4.69, 9.17) is 10.00 Å². The summed E-state index contributed by atoms with van der Waals surface area (Å²) < 4.78 is 5.16. The van der Waals surface area contributed by atoms with E-state index in [1.54, 1.807) is 0 Å². The maximum atomic E-state index is 11.8. The molecule has 2 unspecified atom stereocenters. The molecule has 0 bridgehead atoms. The SMILES string of the molecule is CNC(=O)C1COCCN1C(=O)C(C)C#N. The van der Waals surface area contributed by atoms with E-state index in [1.807, 2.05) is 6.07 Å². The van der Waals surface area contributed by atoms with Crippen molar-refractivity contribution < 1.29 is 14.3 Å². The molecule has 1 rings (SSSR count). The maximum absolute atomic E-state index is 11.8. The lowest BCUT2D eigenvalue weighted by Crippen LogP contribution is -2.56. The van der Waals surface area contributed by atoms with Crippen LogP contribution in [-0.2, 0) is 14.3 Å². The van der Waals surface area contributed by atoms with Crippen LogP contribution in [0.25, 0.3) is 0 Å². The van der Waals surface area contributed by atoms with Crippen LogP contribution < -0.4 is 5.32 Å². The van der Waals surface area contributed by atoms with E-state index in [2.05, 4.69) is 5.32 Å². The molecule has 1 saturated heterocycles. The molecule has 2 amide bonds. The maximum Gasteiger partial charge on any atom is 0.244 e. The minimum atomic E-state index is -0.731. The summed E-state index contributed by atoms with van der Waals surface area (Å²) in [6.45, 7) is 2.46. The molecule has 6 heteroatoms. The zero-order valence-electron chi connectivity index (χ0n) is 9.40. The number of carbonyl (C=O) groups excluding carboxylic acids is 2. The van der Waals surface area contributed by atoms with Crippen LogP contribution >= 0.6 is 0 Å². The van der Waals surface area contributed by atoms with Crippen LogP contribution in [0.2, 0.25) is 0 Å². The molecule has 1 fully saturated rings. The van der Waals surface area contributed by atoms with E-state index in [1.165, 1.54) is 18.9 Å². The van der Waals surface area contributed by atoms with Crippen LogP contribution in [0.5, 0.6) is 0 Å². The molecule has 0 aliphatic carbocycles. The number of morpholine rings is 1. The third-order valence-electron chi connectivity index (χ3n) is 2.52. The van der Waals surface area contributed by atoms with Gasteiger partial charge in [-0.3, -0.25) is 9.59 Å². The van der Waals surface area contributed by atoms with Gasteiger partial charge in [0.25, 0.3) is 0 Å². The molecule has 1 aliphatic rings. The minimum Gasteiger partial charge on any atom is -0.377 e. The molecular weight excluding hydrogens is 210 g/mol. The topological polar surface area (TPSA) is 82.4 Å². The largest absolute Gasteiger partial charge is 0.377 e. The fourth-order valence-corrected chi connectivity index (χ4v) is 1.56. The number of carbonyl (C=O) groups is 2. The first kappa shape index (κ1) is 12.5. The smallest absolute Gasteiger partial charge is 0.244 e. The first-order valence-electron chi connectivity index (χ1n) is 5.11. The Bertz CT molecular complexity index is 324. The fourth-order valence-electron chi connectivity index (χ4n) is 1.56. The summed E-state index contributed by atoms with van der Waals surface area (Å²) in [6, 6.07) is 1.25. The Balaban J connectivity index is 2.78. The number of amides is 2. The lowest BCUT2D eigenvalue weighted by atomic mass is 10.1. The van der Waals surface area contributed by atoms with E-state index >= 15 is 0 Å². The summed E-state index contributed by atoms with van der Waals surface area (Å²) in [5.74, 6) is -1.32. The molecule has 0 spiro atoms. The van der Waals surface area contributed by atoms with Gasteiger partial charge in [-0.05, 0) is 6.92 Å². The average molecular weight is 225 g/mol. The van der Waals surface area contributed by atoms with Crippen LogP contribution in [0.1, 0.15) is 6.92 Å². The Hall–Kier alpha value is -1.61. The van der Waals surface area contributed by atoms with Crippen molar-refractivity contribution in [2.75, 3.05) is 26.8 Å². The second kappa shape index (κ2) is 5.47. The molecule has 1 aliphatic heterocycles. The van der Waals surface area contributed by atoms with Crippen LogP contribution in [-0.4, -0.2) is 49.6 Å². The van der Waals surface area contributed by atoms with Crippen molar-refractivity contribution in [2.45, 2.75) is 13.0 Å². The molecule has 0 saturated carbocycles. The molecule has 0 aromatic carbocycles. The van der Waals surface area contributed by atoms with Crippen molar-refractivity contribution in [3.63, 3.8) is 0 Å². The van der Waals surface area contributed by atoms with Crippen molar-refractivity contribution in [2.24, 2.45) is 5.92 Å². The van der Waals surface area contributed by atoms with Gasteiger partial charge in [0.15, 0.2) is 0 Å². The standard InChI is InChI=1S/C10H15N3O3/c1-7(5-11)10(15)13-3-4-16-6-8(13)9(14)12-2/h7-8H,3-4,6H2,1-2H3,(H,12,14). The van der Waals surface area contributed by atoms with Crippen LogP contribution in [0.15, 0.2) is 0 Å². The Kier molecular flexibility index (Phi) is 4.26. The number of nitrogens with zero attached hydrogens (tertiary/aromatic N) is 2. The molecule has 88 valence electrons. The molecule has 16 heavy (non-hydrogen) atoms. The van der Waals surface area contributed by atoms with Crippen LogP contribution in [0.3, 0.4) is 0 Å². The molecule has 1 N–H and O–H groups in total. The summed E-state index contributed by atoms with van der Waals surface area (Å²) in [6.07, 6.45) is 0. The Morgan fingerprint density at radius 3 is 2.88 bits per heavy atom. The lowest BCUT2D eigenvalue weighted by Gasteiger charge is -2.34. The van der Waals surface area contributed by atoms with Gasteiger partial charge in [0.05, 0.1) is 19.3 Å². The normalized spacial score (nSPS) is 22.1. The van der Waals surface area contributed by atoms with Gasteiger partial charge in [-0.25, -0.2) is 0 Å². The third-order valence-corrected chi connectivity index (χ3v) is 2.52. The van der Waals surface area contributed by atoms with Crippen molar-refractivity contribution in [1.29, 1.82) is 5.26 Å². The van der Waals surface area contributed by atoms with Gasteiger partial charge in [-0.2, -0.15) is 5.26 Å². The summed E-state index contributed by atoms with van der Waals surface area (Å²) in [5.41, 5.74) is 0. The van der Waals surface area contributed by atoms with Crippen molar-refractivity contribution >= 4 is 11.8 Å². The van der Waals surface area contributed by atoms with Gasteiger partial charge in [0.2, 0.25) is 11.8 Å². The van der Waals surface area contributed by atoms with E-state index in [0.717, 1.165) is 0 Å². The summed E-state index contributed by atoms with van der Waals surface area (Å²) >= 11 is 0. The molecule has 0 radical (unpaired) electrons. The summed E-state index contributed by atoms with van der Waals surface area (Å²) in [7, 11) is 1.51. The molecule has 0 aromatic rings. The highest BCUT2D eigenvalue weighted by Crippen LogP contribution is 2.11. The molecule has 1 heterocycles. The number of rotatable bonds is 2. The molecule has 6 nitrogen and oxygen atoms in total. The van der Waals surface area contributed by atoms with Crippen molar-refractivity contribution in [3.8, 4) is 6.07 Å². The highest BCUT2D eigenvalue weighted by Gasteiger charge is 2.34. The highest BCUT2D eigenvalue weighted by molar-refractivity contribution is 5.89. The number of hydrogen-bond donors (Lipinski definition) is 1. The van der Waals surface area contributed by atoms with Gasteiger partial charge < -0.3 is 15.0 Å². The Morgan fingerprint density at radius 1 is 1.62 bits per heavy atom. The second-order valence-corrected chi connectivity index (χ2v) is 3.59. The van der Waals surface area contributed by atoms with Crippen LogP contribution in [0.4, 0.5) is 0 Å². The average Bonchev–Trinajstić information content (AvgIpc) is 2.35. The first-order valence-corrected chi connectivity index (χ1v) is 5.11.